The van der Waals surface area contributed by atoms with E-state index >= 15 is 0 Å². The molecule has 3 rings (SSSR count). The number of hydrogen-bond donors (Lipinski definition) is 2. The average molecular weight is 297 g/mol. The van der Waals surface area contributed by atoms with Crippen molar-refractivity contribution >= 4 is 11.7 Å². The first-order chi connectivity index (χ1) is 10.8. The van der Waals surface area contributed by atoms with Crippen molar-refractivity contribution in [1.29, 1.82) is 0 Å². The van der Waals surface area contributed by atoms with Crippen molar-refractivity contribution in [3.63, 3.8) is 0 Å². The molecule has 1 aromatic heterocycles. The van der Waals surface area contributed by atoms with Crippen LogP contribution in [0.1, 0.15) is 18.4 Å². The third kappa shape index (κ3) is 3.26. The van der Waals surface area contributed by atoms with E-state index in [1.807, 2.05) is 24.3 Å². The molecule has 0 atom stereocenters. The average Bonchev–Trinajstić information content (AvgIpc) is 2.57. The number of carbonyl (C=O) groups excluding carboxylic acids is 1. The molecule has 1 saturated heterocycles. The second-order valence-corrected chi connectivity index (χ2v) is 5.38. The number of amides is 2. The van der Waals surface area contributed by atoms with E-state index in [1.54, 1.807) is 18.5 Å². The summed E-state index contributed by atoms with van der Waals surface area (Å²) in [5.74, 6) is 0. The highest BCUT2D eigenvalue weighted by Crippen LogP contribution is 2.32. The number of nitrogens with zero attached hydrogens (tertiary/aromatic N) is 1. The molecule has 2 N–H and O–H groups in total. The van der Waals surface area contributed by atoms with Crippen molar-refractivity contribution in [2.24, 2.45) is 0 Å². The predicted octanol–water partition coefficient (Wildman–Crippen LogP) is 2.91. The third-order valence-corrected chi connectivity index (χ3v) is 3.94. The van der Waals surface area contributed by atoms with Crippen molar-refractivity contribution in [3.8, 4) is 0 Å². The summed E-state index contributed by atoms with van der Waals surface area (Å²) in [5, 5.41) is 5.97. The molecular weight excluding hydrogens is 278 g/mol. The van der Waals surface area contributed by atoms with Crippen LogP contribution in [0.25, 0.3) is 0 Å². The fraction of sp³-hybridized carbons (Fsp3) is 0.294. The van der Waals surface area contributed by atoms with Crippen LogP contribution < -0.4 is 10.6 Å². The first kappa shape index (κ1) is 14.5. The fourth-order valence-electron chi connectivity index (χ4n) is 2.78. The Morgan fingerprint density at radius 3 is 2.55 bits per heavy atom. The van der Waals surface area contributed by atoms with Gasteiger partial charge in [-0.1, -0.05) is 30.3 Å². The molecule has 114 valence electrons. The summed E-state index contributed by atoms with van der Waals surface area (Å²) >= 11 is 0. The van der Waals surface area contributed by atoms with E-state index in [9.17, 15) is 4.79 Å². The zero-order valence-electron chi connectivity index (χ0n) is 12.3. The minimum atomic E-state index is -0.383. The Labute approximate surface area is 129 Å². The second kappa shape index (κ2) is 6.58. The quantitative estimate of drug-likeness (QED) is 0.915. The Morgan fingerprint density at radius 2 is 1.86 bits per heavy atom. The highest BCUT2D eigenvalue weighted by Gasteiger charge is 2.35. The van der Waals surface area contributed by atoms with Crippen LogP contribution in [-0.2, 0) is 10.3 Å². The third-order valence-electron chi connectivity index (χ3n) is 3.94. The van der Waals surface area contributed by atoms with Crippen LogP contribution in [0, 0.1) is 0 Å². The van der Waals surface area contributed by atoms with Crippen LogP contribution in [0.4, 0.5) is 10.5 Å². The van der Waals surface area contributed by atoms with E-state index in [0.717, 1.165) is 18.4 Å². The maximum absolute atomic E-state index is 12.4. The summed E-state index contributed by atoms with van der Waals surface area (Å²) in [6.07, 6.45) is 4.82. The summed E-state index contributed by atoms with van der Waals surface area (Å²) < 4.78 is 5.46. The predicted molar refractivity (Wildman–Crippen MR) is 84.6 cm³/mol. The molecule has 5 nitrogen and oxygen atoms in total. The van der Waals surface area contributed by atoms with Gasteiger partial charge < -0.3 is 15.4 Å². The lowest BCUT2D eigenvalue weighted by atomic mass is 9.83. The Balaban J connectivity index is 1.77. The molecule has 0 unspecified atom stereocenters. The molecule has 1 aromatic carbocycles. The molecule has 2 amide bonds. The molecule has 0 aliphatic carbocycles. The van der Waals surface area contributed by atoms with Gasteiger partial charge in [0.25, 0.3) is 0 Å². The number of rotatable bonds is 3. The summed E-state index contributed by atoms with van der Waals surface area (Å²) in [5.41, 5.74) is 1.40. The first-order valence-corrected chi connectivity index (χ1v) is 7.41. The van der Waals surface area contributed by atoms with Gasteiger partial charge in [0.05, 0.1) is 17.4 Å². The van der Waals surface area contributed by atoms with Gasteiger partial charge in [-0.05, 0) is 30.5 Å². The second-order valence-electron chi connectivity index (χ2n) is 5.38. The molecular formula is C17H19N3O2. The molecule has 0 radical (unpaired) electrons. The van der Waals surface area contributed by atoms with Gasteiger partial charge in [-0.15, -0.1) is 0 Å². The Kier molecular flexibility index (Phi) is 4.34. The van der Waals surface area contributed by atoms with Gasteiger partial charge in [-0.2, -0.15) is 0 Å². The fourth-order valence-corrected chi connectivity index (χ4v) is 2.78. The number of benzene rings is 1. The van der Waals surface area contributed by atoms with Crippen molar-refractivity contribution in [2.75, 3.05) is 18.5 Å². The standard InChI is InChI=1S/C17H19N3O2/c21-16(19-15-7-4-10-18-13-15)20-17(8-11-22-12-9-17)14-5-2-1-3-6-14/h1-7,10,13H,8-9,11-12H2,(H2,19,20,21). The largest absolute Gasteiger partial charge is 0.381 e. The van der Waals surface area contributed by atoms with Gasteiger partial charge in [0.2, 0.25) is 0 Å². The van der Waals surface area contributed by atoms with Gasteiger partial charge in [0, 0.05) is 19.4 Å². The SMILES string of the molecule is O=C(Nc1cccnc1)NC1(c2ccccc2)CCOCC1. The molecule has 5 heteroatoms. The van der Waals surface area contributed by atoms with Crippen LogP contribution in [0.15, 0.2) is 54.9 Å². The molecule has 0 saturated carbocycles. The van der Waals surface area contributed by atoms with Crippen LogP contribution in [0.5, 0.6) is 0 Å². The van der Waals surface area contributed by atoms with E-state index < -0.39 is 0 Å². The van der Waals surface area contributed by atoms with Crippen LogP contribution in [0.3, 0.4) is 0 Å². The van der Waals surface area contributed by atoms with Gasteiger partial charge in [-0.25, -0.2) is 4.79 Å². The van der Waals surface area contributed by atoms with E-state index in [1.165, 1.54) is 0 Å². The minimum Gasteiger partial charge on any atom is -0.381 e. The van der Waals surface area contributed by atoms with Gasteiger partial charge in [0.1, 0.15) is 0 Å². The Hall–Kier alpha value is -2.40. The zero-order valence-corrected chi connectivity index (χ0v) is 12.3. The number of carbonyl (C=O) groups is 1. The summed E-state index contributed by atoms with van der Waals surface area (Å²) in [4.78, 5) is 16.4. The van der Waals surface area contributed by atoms with Gasteiger partial charge in [-0.3, -0.25) is 4.98 Å². The maximum Gasteiger partial charge on any atom is 0.319 e. The van der Waals surface area contributed by atoms with Crippen LogP contribution in [0.2, 0.25) is 0 Å². The summed E-state index contributed by atoms with van der Waals surface area (Å²) in [6, 6.07) is 13.4. The Morgan fingerprint density at radius 1 is 1.09 bits per heavy atom. The van der Waals surface area contributed by atoms with E-state index in [4.69, 9.17) is 4.74 Å². The van der Waals surface area contributed by atoms with Crippen LogP contribution in [-0.4, -0.2) is 24.2 Å². The van der Waals surface area contributed by atoms with Gasteiger partial charge in [0.15, 0.2) is 0 Å². The number of ether oxygens (including phenoxy) is 1. The van der Waals surface area contributed by atoms with E-state index in [0.29, 0.717) is 18.9 Å². The van der Waals surface area contributed by atoms with Gasteiger partial charge >= 0.3 is 6.03 Å². The lowest BCUT2D eigenvalue weighted by molar-refractivity contribution is 0.0418. The smallest absolute Gasteiger partial charge is 0.319 e. The maximum atomic E-state index is 12.4. The normalized spacial score (nSPS) is 16.7. The first-order valence-electron chi connectivity index (χ1n) is 7.41. The molecule has 0 spiro atoms. The molecule has 1 aliphatic heterocycles. The topological polar surface area (TPSA) is 63.2 Å². The highest BCUT2D eigenvalue weighted by molar-refractivity contribution is 5.89. The van der Waals surface area contributed by atoms with E-state index in [-0.39, 0.29) is 11.6 Å². The minimum absolute atomic E-state index is 0.223. The highest BCUT2D eigenvalue weighted by atomic mass is 16.5. The number of anilines is 1. The molecule has 1 fully saturated rings. The zero-order chi connectivity index (χ0) is 15.3. The molecule has 22 heavy (non-hydrogen) atoms. The van der Waals surface area contributed by atoms with Crippen molar-refractivity contribution in [1.82, 2.24) is 10.3 Å². The number of urea groups is 1. The number of pyridine rings is 1. The lowest BCUT2D eigenvalue weighted by Crippen LogP contribution is -2.50. The summed E-state index contributed by atoms with van der Waals surface area (Å²) in [6.45, 7) is 1.28. The van der Waals surface area contributed by atoms with E-state index in [2.05, 4.69) is 27.8 Å². The van der Waals surface area contributed by atoms with Crippen molar-refractivity contribution in [3.05, 3.63) is 60.4 Å². The van der Waals surface area contributed by atoms with Crippen molar-refractivity contribution in [2.45, 2.75) is 18.4 Å². The number of nitrogens with one attached hydrogen (secondary N) is 2. The molecule has 1 aliphatic rings. The van der Waals surface area contributed by atoms with Crippen LogP contribution >= 0.6 is 0 Å². The molecule has 2 heterocycles. The molecule has 2 aromatic rings. The lowest BCUT2D eigenvalue weighted by Gasteiger charge is -2.38. The monoisotopic (exact) mass is 297 g/mol. The van der Waals surface area contributed by atoms with Crippen molar-refractivity contribution < 1.29 is 9.53 Å². The number of aromatic nitrogens is 1. The number of hydrogen-bond acceptors (Lipinski definition) is 3. The molecule has 0 bridgehead atoms. The Bertz CT molecular complexity index is 610. The summed E-state index contributed by atoms with van der Waals surface area (Å²) in [7, 11) is 0.